The first kappa shape index (κ1) is 21.1. The molecule has 0 bridgehead atoms. The molecule has 154 valence electrons. The molecule has 3 aromatic rings. The van der Waals surface area contributed by atoms with E-state index in [0.29, 0.717) is 11.6 Å². The second-order valence-electron chi connectivity index (χ2n) is 6.08. The molecule has 2 aromatic carbocycles. The number of aliphatic hydroxyl groups excluding tert-OH is 1. The van der Waals surface area contributed by atoms with Gasteiger partial charge in [0.25, 0.3) is 5.91 Å². The number of carboxylic acids is 1. The Kier molecular flexibility index (Phi) is 5.90. The lowest BCUT2D eigenvalue weighted by Crippen LogP contribution is -2.21. The van der Waals surface area contributed by atoms with E-state index in [1.807, 2.05) is 0 Å². The first-order valence-corrected chi connectivity index (χ1v) is 8.64. The van der Waals surface area contributed by atoms with Gasteiger partial charge in [-0.1, -0.05) is 11.6 Å². The molecule has 30 heavy (non-hydrogen) atoms. The number of carboxylic acid groups (broad SMARTS) is 1. The monoisotopic (exact) mass is 434 g/mol. The largest absolute Gasteiger partial charge is 0.476 e. The van der Waals surface area contributed by atoms with E-state index < -0.39 is 35.3 Å². The Balaban J connectivity index is 1.82. The van der Waals surface area contributed by atoms with Gasteiger partial charge in [-0.3, -0.25) is 4.79 Å². The molecular weight excluding hydrogens is 422 g/mol. The van der Waals surface area contributed by atoms with Crippen molar-refractivity contribution in [3.8, 4) is 11.3 Å². The van der Waals surface area contributed by atoms with E-state index in [9.17, 15) is 23.5 Å². The van der Waals surface area contributed by atoms with Crippen LogP contribution in [-0.4, -0.2) is 32.1 Å². The molecule has 11 heteroatoms. The average Bonchev–Trinajstić information content (AvgIpc) is 2.67. The Labute approximate surface area is 173 Å². The lowest BCUT2D eigenvalue weighted by atomic mass is 10.1. The van der Waals surface area contributed by atoms with E-state index in [0.717, 1.165) is 12.1 Å². The fourth-order valence-corrected chi connectivity index (χ4v) is 2.86. The van der Waals surface area contributed by atoms with Gasteiger partial charge in [0.1, 0.15) is 11.6 Å². The number of halogens is 3. The maximum atomic E-state index is 13.3. The molecule has 0 aliphatic carbocycles. The number of rotatable bonds is 5. The predicted molar refractivity (Wildman–Crippen MR) is 104 cm³/mol. The number of aliphatic hydroxyl groups is 1. The standard InChI is InChI=1S/C19H13ClF2N4O4/c20-13-6-11(25-18(28)16(27)8-3-9(21)5-10(22)4-8)1-2-12(13)14-7-24-17(23)15(26-14)19(29)30/h1-7,16,27H,(H2,23,24)(H,25,28)(H,29,30). The Bertz CT molecular complexity index is 1140. The van der Waals surface area contributed by atoms with Crippen LogP contribution < -0.4 is 11.1 Å². The molecule has 0 saturated heterocycles. The molecule has 0 aliphatic rings. The molecule has 1 aromatic heterocycles. The number of nitrogens with zero attached hydrogens (tertiary/aromatic N) is 2. The Morgan fingerprint density at radius 3 is 2.40 bits per heavy atom. The molecule has 3 rings (SSSR count). The van der Waals surface area contributed by atoms with Crippen molar-refractivity contribution < 1.29 is 28.6 Å². The minimum Gasteiger partial charge on any atom is -0.476 e. The van der Waals surface area contributed by atoms with Gasteiger partial charge >= 0.3 is 5.97 Å². The summed E-state index contributed by atoms with van der Waals surface area (Å²) in [6, 6.07) is 6.47. The number of nitrogens with two attached hydrogens (primary N) is 1. The molecule has 1 unspecified atom stereocenters. The summed E-state index contributed by atoms with van der Waals surface area (Å²) >= 11 is 6.20. The maximum absolute atomic E-state index is 13.3. The maximum Gasteiger partial charge on any atom is 0.358 e. The number of benzene rings is 2. The number of anilines is 2. The average molecular weight is 435 g/mol. The van der Waals surface area contributed by atoms with Crippen LogP contribution in [-0.2, 0) is 4.79 Å². The van der Waals surface area contributed by atoms with Crippen molar-refractivity contribution in [2.24, 2.45) is 0 Å². The number of carbonyl (C=O) groups excluding carboxylic acids is 1. The summed E-state index contributed by atoms with van der Waals surface area (Å²) in [4.78, 5) is 31.0. The zero-order chi connectivity index (χ0) is 22.0. The second-order valence-corrected chi connectivity index (χ2v) is 6.49. The van der Waals surface area contributed by atoms with Crippen LogP contribution in [0.5, 0.6) is 0 Å². The van der Waals surface area contributed by atoms with Crippen LogP contribution in [0.3, 0.4) is 0 Å². The Morgan fingerprint density at radius 2 is 1.80 bits per heavy atom. The summed E-state index contributed by atoms with van der Waals surface area (Å²) in [6.07, 6.45) is -0.585. The molecule has 0 spiro atoms. The smallest absolute Gasteiger partial charge is 0.358 e. The van der Waals surface area contributed by atoms with Crippen molar-refractivity contribution in [1.82, 2.24) is 9.97 Å². The molecule has 0 aliphatic heterocycles. The van der Waals surface area contributed by atoms with E-state index in [4.69, 9.17) is 22.4 Å². The molecular formula is C19H13ClF2N4O4. The third-order valence-electron chi connectivity index (χ3n) is 3.96. The SMILES string of the molecule is Nc1ncc(-c2ccc(NC(=O)C(O)c3cc(F)cc(F)c3)cc2Cl)nc1C(=O)O. The van der Waals surface area contributed by atoms with Gasteiger partial charge in [0, 0.05) is 17.3 Å². The van der Waals surface area contributed by atoms with Gasteiger partial charge < -0.3 is 21.3 Å². The van der Waals surface area contributed by atoms with Crippen molar-refractivity contribution in [3.63, 3.8) is 0 Å². The van der Waals surface area contributed by atoms with Crippen molar-refractivity contribution in [2.75, 3.05) is 11.1 Å². The van der Waals surface area contributed by atoms with E-state index in [1.165, 1.54) is 24.4 Å². The van der Waals surface area contributed by atoms with Crippen LogP contribution >= 0.6 is 11.6 Å². The van der Waals surface area contributed by atoms with Crippen LogP contribution in [0.25, 0.3) is 11.3 Å². The number of nitrogens with one attached hydrogen (secondary N) is 1. The highest BCUT2D eigenvalue weighted by Gasteiger charge is 2.20. The quantitative estimate of drug-likeness (QED) is 0.484. The molecule has 8 nitrogen and oxygen atoms in total. The van der Waals surface area contributed by atoms with Crippen molar-refractivity contribution in [2.45, 2.75) is 6.10 Å². The zero-order valence-corrected chi connectivity index (χ0v) is 15.7. The first-order valence-electron chi connectivity index (χ1n) is 8.26. The number of carbonyl (C=O) groups is 2. The van der Waals surface area contributed by atoms with E-state index >= 15 is 0 Å². The van der Waals surface area contributed by atoms with Gasteiger partial charge in [-0.15, -0.1) is 0 Å². The molecule has 1 heterocycles. The summed E-state index contributed by atoms with van der Waals surface area (Å²) in [6.45, 7) is 0. The summed E-state index contributed by atoms with van der Waals surface area (Å²) in [5.41, 5.74) is 5.41. The normalized spacial score (nSPS) is 11.7. The summed E-state index contributed by atoms with van der Waals surface area (Å²) < 4.78 is 26.6. The Hall–Kier alpha value is -3.63. The predicted octanol–water partition coefficient (Wildman–Crippen LogP) is 3.03. The van der Waals surface area contributed by atoms with Gasteiger partial charge in [-0.2, -0.15) is 0 Å². The first-order chi connectivity index (χ1) is 14.2. The van der Waals surface area contributed by atoms with Crippen molar-refractivity contribution in [1.29, 1.82) is 0 Å². The van der Waals surface area contributed by atoms with E-state index in [2.05, 4.69) is 15.3 Å². The number of nitrogen functional groups attached to an aromatic ring is 1. The fourth-order valence-electron chi connectivity index (χ4n) is 2.58. The minimum absolute atomic E-state index is 0.0921. The number of hydrogen-bond acceptors (Lipinski definition) is 6. The molecule has 1 atom stereocenters. The second kappa shape index (κ2) is 8.39. The third-order valence-corrected chi connectivity index (χ3v) is 4.28. The van der Waals surface area contributed by atoms with Crippen molar-refractivity contribution in [3.05, 3.63) is 70.5 Å². The highest BCUT2D eigenvalue weighted by atomic mass is 35.5. The van der Waals surface area contributed by atoms with Crippen LogP contribution in [0.4, 0.5) is 20.3 Å². The summed E-state index contributed by atoms with van der Waals surface area (Å²) in [7, 11) is 0. The van der Waals surface area contributed by atoms with Crippen LogP contribution in [0.2, 0.25) is 5.02 Å². The molecule has 5 N–H and O–H groups in total. The minimum atomic E-state index is -1.82. The molecule has 1 amide bonds. The van der Waals surface area contributed by atoms with E-state index in [1.54, 1.807) is 0 Å². The number of aromatic nitrogens is 2. The lowest BCUT2D eigenvalue weighted by molar-refractivity contribution is -0.124. The highest BCUT2D eigenvalue weighted by molar-refractivity contribution is 6.33. The lowest BCUT2D eigenvalue weighted by Gasteiger charge is -2.13. The van der Waals surface area contributed by atoms with Gasteiger partial charge in [0.05, 0.1) is 16.9 Å². The van der Waals surface area contributed by atoms with Crippen molar-refractivity contribution >= 4 is 35.0 Å². The Morgan fingerprint density at radius 1 is 1.13 bits per heavy atom. The third kappa shape index (κ3) is 4.50. The zero-order valence-electron chi connectivity index (χ0n) is 14.9. The van der Waals surface area contributed by atoms with Crippen LogP contribution in [0, 0.1) is 11.6 Å². The van der Waals surface area contributed by atoms with E-state index in [-0.39, 0.29) is 27.8 Å². The highest BCUT2D eigenvalue weighted by Crippen LogP contribution is 2.30. The molecule has 0 saturated carbocycles. The van der Waals surface area contributed by atoms with Crippen LogP contribution in [0.1, 0.15) is 22.2 Å². The fraction of sp³-hybridized carbons (Fsp3) is 0.0526. The van der Waals surface area contributed by atoms with Gasteiger partial charge in [0.15, 0.2) is 17.6 Å². The molecule has 0 radical (unpaired) electrons. The van der Waals surface area contributed by atoms with Gasteiger partial charge in [0.2, 0.25) is 0 Å². The topological polar surface area (TPSA) is 138 Å². The number of amides is 1. The number of hydrogen-bond donors (Lipinski definition) is 4. The number of aromatic carboxylic acids is 1. The molecule has 0 fully saturated rings. The van der Waals surface area contributed by atoms with Gasteiger partial charge in [-0.25, -0.2) is 23.5 Å². The summed E-state index contributed by atoms with van der Waals surface area (Å²) in [5, 5.41) is 21.6. The van der Waals surface area contributed by atoms with Crippen LogP contribution in [0.15, 0.2) is 42.6 Å². The summed E-state index contributed by atoms with van der Waals surface area (Å²) in [5.74, 6) is -4.42. The van der Waals surface area contributed by atoms with Gasteiger partial charge in [-0.05, 0) is 35.9 Å².